The standard InChI is InChI=1S/C24H25N7O2/c1-3-33-19-6-4-5-18(13-19)20-16-31-21(14-27-23(31)15-26-20)24-25-8-7-22(28-24)30-11-9-29(10-12-30)17(2)32/h4-8,13-16H,3,9-12H2,1-2H3. The van der Waals surface area contributed by atoms with Crippen LogP contribution < -0.4 is 9.64 Å². The summed E-state index contributed by atoms with van der Waals surface area (Å²) in [6.45, 7) is 7.06. The molecule has 0 bridgehead atoms. The third kappa shape index (κ3) is 4.21. The second-order valence-corrected chi connectivity index (χ2v) is 7.84. The van der Waals surface area contributed by atoms with Crippen LogP contribution in [0.15, 0.2) is 55.1 Å². The van der Waals surface area contributed by atoms with E-state index >= 15 is 0 Å². The van der Waals surface area contributed by atoms with E-state index in [1.807, 2.05) is 52.8 Å². The first-order chi connectivity index (χ1) is 16.1. The molecule has 1 aromatic carbocycles. The molecule has 1 fully saturated rings. The first-order valence-corrected chi connectivity index (χ1v) is 11.0. The monoisotopic (exact) mass is 443 g/mol. The quantitative estimate of drug-likeness (QED) is 0.469. The third-order valence-corrected chi connectivity index (χ3v) is 5.76. The summed E-state index contributed by atoms with van der Waals surface area (Å²) < 4.78 is 7.59. The van der Waals surface area contributed by atoms with Gasteiger partial charge in [0.05, 0.1) is 24.7 Å². The molecule has 1 aliphatic heterocycles. The van der Waals surface area contributed by atoms with Crippen molar-refractivity contribution >= 4 is 17.4 Å². The van der Waals surface area contributed by atoms with Crippen LogP contribution in [-0.2, 0) is 4.79 Å². The van der Waals surface area contributed by atoms with Crippen molar-refractivity contribution in [2.45, 2.75) is 13.8 Å². The third-order valence-electron chi connectivity index (χ3n) is 5.76. The van der Waals surface area contributed by atoms with Gasteiger partial charge in [-0.25, -0.2) is 15.0 Å². The molecule has 0 radical (unpaired) electrons. The predicted molar refractivity (Wildman–Crippen MR) is 125 cm³/mol. The molecule has 1 amide bonds. The Balaban J connectivity index is 1.46. The Bertz CT molecular complexity index is 1290. The van der Waals surface area contributed by atoms with Gasteiger partial charge >= 0.3 is 0 Å². The Hall–Kier alpha value is -4.01. The first kappa shape index (κ1) is 20.9. The highest BCUT2D eigenvalue weighted by Crippen LogP contribution is 2.25. The van der Waals surface area contributed by atoms with Crippen molar-refractivity contribution in [3.63, 3.8) is 0 Å². The number of nitrogens with zero attached hydrogens (tertiary/aromatic N) is 7. The highest BCUT2D eigenvalue weighted by molar-refractivity contribution is 5.73. The van der Waals surface area contributed by atoms with Gasteiger partial charge in [-0.05, 0) is 25.1 Å². The van der Waals surface area contributed by atoms with Gasteiger partial charge in [-0.15, -0.1) is 0 Å². The van der Waals surface area contributed by atoms with Gasteiger partial charge in [0.2, 0.25) is 5.91 Å². The Morgan fingerprint density at radius 2 is 1.91 bits per heavy atom. The number of fused-ring (bicyclic) bond motifs is 1. The summed E-state index contributed by atoms with van der Waals surface area (Å²) in [7, 11) is 0. The van der Waals surface area contributed by atoms with Crippen LogP contribution in [0.25, 0.3) is 28.4 Å². The second kappa shape index (κ2) is 8.85. The summed E-state index contributed by atoms with van der Waals surface area (Å²) >= 11 is 0. The number of hydrogen-bond donors (Lipinski definition) is 0. The summed E-state index contributed by atoms with van der Waals surface area (Å²) in [5, 5.41) is 0. The largest absolute Gasteiger partial charge is 0.494 e. The van der Waals surface area contributed by atoms with E-state index in [2.05, 4.69) is 19.9 Å². The molecular formula is C24H25N7O2. The predicted octanol–water partition coefficient (Wildman–Crippen LogP) is 2.92. The van der Waals surface area contributed by atoms with Crippen molar-refractivity contribution in [3.8, 4) is 28.5 Å². The molecule has 0 atom stereocenters. The highest BCUT2D eigenvalue weighted by atomic mass is 16.5. The number of aromatic nitrogens is 5. The van der Waals surface area contributed by atoms with Gasteiger partial charge in [0.15, 0.2) is 11.5 Å². The van der Waals surface area contributed by atoms with Crippen molar-refractivity contribution in [1.82, 2.24) is 29.2 Å². The van der Waals surface area contributed by atoms with E-state index in [1.54, 1.807) is 25.5 Å². The van der Waals surface area contributed by atoms with Crippen molar-refractivity contribution in [1.29, 1.82) is 0 Å². The Labute approximate surface area is 191 Å². The van der Waals surface area contributed by atoms with E-state index in [0.29, 0.717) is 25.5 Å². The average molecular weight is 444 g/mol. The van der Waals surface area contributed by atoms with E-state index < -0.39 is 0 Å². The maximum Gasteiger partial charge on any atom is 0.219 e. The minimum Gasteiger partial charge on any atom is -0.494 e. The molecule has 5 rings (SSSR count). The lowest BCUT2D eigenvalue weighted by Gasteiger charge is -2.34. The molecule has 1 saturated heterocycles. The summed E-state index contributed by atoms with van der Waals surface area (Å²) in [5.41, 5.74) is 3.28. The number of rotatable bonds is 5. The Morgan fingerprint density at radius 3 is 2.70 bits per heavy atom. The van der Waals surface area contributed by atoms with Crippen molar-refractivity contribution < 1.29 is 9.53 Å². The summed E-state index contributed by atoms with van der Waals surface area (Å²) in [4.78, 5) is 34.0. The van der Waals surface area contributed by atoms with Gasteiger partial charge in [0.25, 0.3) is 0 Å². The van der Waals surface area contributed by atoms with Gasteiger partial charge in [-0.2, -0.15) is 0 Å². The number of benzene rings is 1. The number of anilines is 1. The number of amides is 1. The zero-order chi connectivity index (χ0) is 22.8. The lowest BCUT2D eigenvalue weighted by atomic mass is 10.1. The van der Waals surface area contributed by atoms with Crippen LogP contribution in [0.4, 0.5) is 5.82 Å². The van der Waals surface area contributed by atoms with Crippen LogP contribution in [0.5, 0.6) is 5.75 Å². The number of carbonyl (C=O) groups excluding carboxylic acids is 1. The SMILES string of the molecule is CCOc1cccc(-c2cn3c(-c4nccc(N5CCN(C(C)=O)CC5)n4)cnc3cn2)c1. The van der Waals surface area contributed by atoms with Crippen molar-refractivity contribution in [3.05, 3.63) is 55.1 Å². The Morgan fingerprint density at radius 1 is 1.06 bits per heavy atom. The molecule has 0 spiro atoms. The number of carbonyl (C=O) groups is 1. The van der Waals surface area contributed by atoms with E-state index in [4.69, 9.17) is 9.72 Å². The fourth-order valence-electron chi connectivity index (χ4n) is 4.01. The number of imidazole rings is 1. The molecule has 9 heteroatoms. The Kier molecular flexibility index (Phi) is 5.60. The second-order valence-electron chi connectivity index (χ2n) is 7.84. The zero-order valence-corrected chi connectivity index (χ0v) is 18.7. The first-order valence-electron chi connectivity index (χ1n) is 11.0. The maximum atomic E-state index is 11.6. The normalized spacial score (nSPS) is 14.0. The van der Waals surface area contributed by atoms with E-state index in [0.717, 1.165) is 47.3 Å². The molecule has 168 valence electrons. The summed E-state index contributed by atoms with van der Waals surface area (Å²) in [5.74, 6) is 2.36. The number of hydrogen-bond acceptors (Lipinski definition) is 7. The minimum absolute atomic E-state index is 0.111. The van der Waals surface area contributed by atoms with Crippen LogP contribution in [0.2, 0.25) is 0 Å². The van der Waals surface area contributed by atoms with Crippen LogP contribution in [0.1, 0.15) is 13.8 Å². The van der Waals surface area contributed by atoms with Gasteiger partial charge < -0.3 is 14.5 Å². The molecular weight excluding hydrogens is 418 g/mol. The summed E-state index contributed by atoms with van der Waals surface area (Å²) in [6, 6.07) is 9.78. The number of ether oxygens (including phenoxy) is 1. The minimum atomic E-state index is 0.111. The molecule has 3 aromatic heterocycles. The molecule has 0 aliphatic carbocycles. The van der Waals surface area contributed by atoms with E-state index in [1.165, 1.54) is 0 Å². The lowest BCUT2D eigenvalue weighted by molar-refractivity contribution is -0.129. The summed E-state index contributed by atoms with van der Waals surface area (Å²) in [6.07, 6.45) is 7.23. The fourth-order valence-corrected chi connectivity index (χ4v) is 4.01. The maximum absolute atomic E-state index is 11.6. The lowest BCUT2D eigenvalue weighted by Crippen LogP contribution is -2.48. The van der Waals surface area contributed by atoms with Crippen LogP contribution in [0, 0.1) is 0 Å². The fraction of sp³-hybridized carbons (Fsp3) is 0.292. The topological polar surface area (TPSA) is 88.8 Å². The molecule has 0 unspecified atom stereocenters. The smallest absolute Gasteiger partial charge is 0.219 e. The molecule has 4 aromatic rings. The average Bonchev–Trinajstić information content (AvgIpc) is 3.28. The van der Waals surface area contributed by atoms with Gasteiger partial charge in [0, 0.05) is 51.1 Å². The van der Waals surface area contributed by atoms with E-state index in [-0.39, 0.29) is 5.91 Å². The molecule has 1 aliphatic rings. The van der Waals surface area contributed by atoms with Crippen molar-refractivity contribution in [2.75, 3.05) is 37.7 Å². The van der Waals surface area contributed by atoms with E-state index in [9.17, 15) is 4.79 Å². The zero-order valence-electron chi connectivity index (χ0n) is 18.7. The van der Waals surface area contributed by atoms with Gasteiger partial charge in [0.1, 0.15) is 17.3 Å². The van der Waals surface area contributed by atoms with Gasteiger partial charge in [-0.3, -0.25) is 14.2 Å². The molecule has 4 heterocycles. The molecule has 33 heavy (non-hydrogen) atoms. The van der Waals surface area contributed by atoms with Crippen molar-refractivity contribution in [2.24, 2.45) is 0 Å². The van der Waals surface area contributed by atoms with Crippen LogP contribution >= 0.6 is 0 Å². The molecule has 0 N–H and O–H groups in total. The number of piperazine rings is 1. The van der Waals surface area contributed by atoms with Crippen LogP contribution in [-0.4, -0.2) is 67.9 Å². The molecule has 9 nitrogen and oxygen atoms in total. The highest BCUT2D eigenvalue weighted by Gasteiger charge is 2.20. The van der Waals surface area contributed by atoms with Crippen LogP contribution in [0.3, 0.4) is 0 Å². The molecule has 0 saturated carbocycles. The van der Waals surface area contributed by atoms with Gasteiger partial charge in [-0.1, -0.05) is 12.1 Å².